The molecule has 0 saturated carbocycles. The summed E-state index contributed by atoms with van der Waals surface area (Å²) in [4.78, 5) is 37.0. The van der Waals surface area contributed by atoms with Gasteiger partial charge in [0.2, 0.25) is 5.91 Å². The summed E-state index contributed by atoms with van der Waals surface area (Å²) in [7, 11) is 1.63. The zero-order chi connectivity index (χ0) is 35.2. The molecule has 2 heterocycles. The quantitative estimate of drug-likeness (QED) is 0.142. The maximum Gasteiger partial charge on any atom is 0.330 e. The Balaban J connectivity index is 1.29. The van der Waals surface area contributed by atoms with Gasteiger partial charge < -0.3 is 20.1 Å². The lowest BCUT2D eigenvalue weighted by atomic mass is 9.87. The van der Waals surface area contributed by atoms with Crippen molar-refractivity contribution in [3.63, 3.8) is 0 Å². The maximum atomic E-state index is 14.0. The average Bonchev–Trinajstić information content (AvgIpc) is 3.64. The van der Waals surface area contributed by atoms with Gasteiger partial charge in [0.25, 0.3) is 0 Å². The summed E-state index contributed by atoms with van der Waals surface area (Å²) in [6.07, 6.45) is 2.47. The lowest BCUT2D eigenvalue weighted by Gasteiger charge is -2.41. The highest BCUT2D eigenvalue weighted by molar-refractivity contribution is 6.17. The van der Waals surface area contributed by atoms with Crippen LogP contribution in [0.4, 0.5) is 11.4 Å². The van der Waals surface area contributed by atoms with E-state index in [1.807, 2.05) is 115 Å². The van der Waals surface area contributed by atoms with Gasteiger partial charge in [-0.05, 0) is 60.7 Å². The second-order valence-electron chi connectivity index (χ2n) is 13.1. The molecule has 5 aromatic rings. The van der Waals surface area contributed by atoms with Crippen LogP contribution in [0.3, 0.4) is 0 Å². The van der Waals surface area contributed by atoms with Crippen LogP contribution in [0.2, 0.25) is 0 Å². The predicted octanol–water partition coefficient (Wildman–Crippen LogP) is 7.39. The summed E-state index contributed by atoms with van der Waals surface area (Å²) in [5.41, 5.74) is 6.57. The van der Waals surface area contributed by atoms with Crippen molar-refractivity contribution in [1.29, 1.82) is 0 Å². The van der Waals surface area contributed by atoms with E-state index in [9.17, 15) is 14.7 Å². The number of aliphatic carboxylic acids is 1. The molecule has 5 aromatic carbocycles. The first-order chi connectivity index (χ1) is 25.0. The minimum atomic E-state index is -1.19. The molecule has 0 bridgehead atoms. The van der Waals surface area contributed by atoms with Crippen LogP contribution >= 0.6 is 0 Å². The van der Waals surface area contributed by atoms with Gasteiger partial charge in [-0.15, -0.1) is 0 Å². The van der Waals surface area contributed by atoms with Crippen molar-refractivity contribution >= 4 is 29.0 Å². The van der Waals surface area contributed by atoms with E-state index in [1.165, 1.54) is 5.56 Å². The van der Waals surface area contributed by atoms with E-state index < -0.39 is 18.1 Å². The molecule has 2 aliphatic heterocycles. The predicted molar refractivity (Wildman–Crippen MR) is 202 cm³/mol. The number of hydrogen-bond donors (Lipinski definition) is 2. The highest BCUT2D eigenvalue weighted by Crippen LogP contribution is 2.39. The van der Waals surface area contributed by atoms with Gasteiger partial charge in [-0.1, -0.05) is 109 Å². The molecule has 0 aromatic heterocycles. The first-order valence-corrected chi connectivity index (χ1v) is 17.5. The summed E-state index contributed by atoms with van der Waals surface area (Å²) >= 11 is 0. The normalized spacial score (nSPS) is 18.1. The number of hydrogen-bond acceptors (Lipinski definition) is 6. The van der Waals surface area contributed by atoms with Crippen LogP contribution in [0.25, 0.3) is 0 Å². The van der Waals surface area contributed by atoms with E-state index >= 15 is 0 Å². The number of benzene rings is 5. The zero-order valence-electron chi connectivity index (χ0n) is 28.7. The number of carboxylic acid groups (broad SMARTS) is 1. The van der Waals surface area contributed by atoms with Gasteiger partial charge in [-0.25, -0.2) is 4.79 Å². The molecule has 2 N–H and O–H groups in total. The van der Waals surface area contributed by atoms with Crippen LogP contribution < -0.4 is 15.0 Å². The number of aliphatic imine (C=N–C) groups is 1. The zero-order valence-corrected chi connectivity index (χ0v) is 28.7. The third-order valence-corrected chi connectivity index (χ3v) is 9.92. The van der Waals surface area contributed by atoms with Crippen LogP contribution in [-0.4, -0.2) is 59.9 Å². The molecule has 1 saturated heterocycles. The number of carboxylic acids is 1. The molecule has 3 atom stereocenters. The number of carbonyl (C=O) groups is 2. The van der Waals surface area contributed by atoms with Gasteiger partial charge in [-0.2, -0.15) is 0 Å². The van der Waals surface area contributed by atoms with E-state index in [0.29, 0.717) is 35.8 Å². The topological polar surface area (TPSA) is 94.5 Å². The Bertz CT molecular complexity index is 2020. The Labute approximate surface area is 299 Å². The lowest BCUT2D eigenvalue weighted by Crippen LogP contribution is -2.44. The Morgan fingerprint density at radius 1 is 0.863 bits per heavy atom. The highest BCUT2D eigenvalue weighted by Gasteiger charge is 2.39. The first-order valence-electron chi connectivity index (χ1n) is 17.5. The number of nitrogens with zero attached hydrogens (tertiary/aromatic N) is 3. The molecule has 1 fully saturated rings. The standard InChI is InChI=1S/C43H42N4O4/c1-51-34-20-12-19-33(28-34)47-27-25-31-16-8-9-21-35(31)41(47)40(43(49)50)45-39(32-17-6-3-7-18-32)36-22-10-11-23-37(36)44-42(48)38-24-13-26-46(38)29-30-14-4-2-5-15-30/h2-12,14-23,28,38,40-41H,13,24-27,29H2,1H3,(H,44,48)(H,49,50)/t38-,40-,41+/m0/s1. The summed E-state index contributed by atoms with van der Waals surface area (Å²) in [6.45, 7) is 2.16. The molecule has 1 amide bonds. The number of amides is 1. The number of rotatable bonds is 11. The van der Waals surface area contributed by atoms with E-state index in [2.05, 4.69) is 33.3 Å². The number of para-hydroxylation sites is 1. The van der Waals surface area contributed by atoms with Crippen molar-refractivity contribution in [2.45, 2.75) is 43.9 Å². The van der Waals surface area contributed by atoms with Crippen LogP contribution in [0, 0.1) is 0 Å². The second-order valence-corrected chi connectivity index (χ2v) is 13.1. The minimum Gasteiger partial charge on any atom is -0.497 e. The molecular weight excluding hydrogens is 636 g/mol. The van der Waals surface area contributed by atoms with Gasteiger partial charge in [0.1, 0.15) is 5.75 Å². The Hall–Kier alpha value is -5.73. The van der Waals surface area contributed by atoms with Gasteiger partial charge in [0.05, 0.1) is 30.6 Å². The Morgan fingerprint density at radius 3 is 2.37 bits per heavy atom. The van der Waals surface area contributed by atoms with Crippen molar-refractivity contribution in [2.75, 3.05) is 30.4 Å². The lowest BCUT2D eigenvalue weighted by molar-refractivity contribution is -0.139. The van der Waals surface area contributed by atoms with E-state index in [1.54, 1.807) is 7.11 Å². The fourth-order valence-corrected chi connectivity index (χ4v) is 7.46. The summed E-state index contributed by atoms with van der Waals surface area (Å²) in [5.74, 6) is -0.426. The van der Waals surface area contributed by atoms with Crippen molar-refractivity contribution in [3.8, 4) is 5.75 Å². The van der Waals surface area contributed by atoms with Crippen LogP contribution in [0.1, 0.15) is 46.7 Å². The van der Waals surface area contributed by atoms with Crippen molar-refractivity contribution in [1.82, 2.24) is 4.90 Å². The number of ether oxygens (including phenoxy) is 1. The van der Waals surface area contributed by atoms with E-state index in [4.69, 9.17) is 9.73 Å². The molecular formula is C43H42N4O4. The molecule has 0 aliphatic carbocycles. The number of nitrogens with one attached hydrogen (secondary N) is 1. The first kappa shape index (κ1) is 33.8. The number of carbonyl (C=O) groups excluding carboxylic acids is 1. The third-order valence-electron chi connectivity index (χ3n) is 9.92. The molecule has 0 spiro atoms. The molecule has 0 radical (unpaired) electrons. The SMILES string of the molecule is COc1cccc(N2CCc3ccccc3[C@@H]2[C@H](N=C(c2ccccc2)c2ccccc2NC(=O)[C@@H]2CCCN2Cc2ccccc2)C(=O)O)c1. The average molecular weight is 679 g/mol. The van der Waals surface area contributed by atoms with Crippen molar-refractivity contribution in [3.05, 3.63) is 161 Å². The molecule has 7 rings (SSSR count). The molecule has 258 valence electrons. The summed E-state index contributed by atoms with van der Waals surface area (Å²) < 4.78 is 5.55. The van der Waals surface area contributed by atoms with E-state index in [0.717, 1.165) is 48.2 Å². The monoisotopic (exact) mass is 678 g/mol. The summed E-state index contributed by atoms with van der Waals surface area (Å²) in [6, 6.07) is 41.1. The van der Waals surface area contributed by atoms with Gasteiger partial charge >= 0.3 is 5.97 Å². The van der Waals surface area contributed by atoms with E-state index in [-0.39, 0.29) is 11.9 Å². The minimum absolute atomic E-state index is 0.0801. The molecule has 0 unspecified atom stereocenters. The molecule has 8 nitrogen and oxygen atoms in total. The smallest absolute Gasteiger partial charge is 0.330 e. The number of fused-ring (bicyclic) bond motifs is 1. The largest absolute Gasteiger partial charge is 0.497 e. The third kappa shape index (κ3) is 7.42. The van der Waals surface area contributed by atoms with Gasteiger partial charge in [0, 0.05) is 36.0 Å². The Kier molecular flexibility index (Phi) is 10.2. The molecule has 8 heteroatoms. The molecule has 2 aliphatic rings. The summed E-state index contributed by atoms with van der Waals surface area (Å²) in [5, 5.41) is 14.3. The fraction of sp³-hybridized carbons (Fsp3) is 0.233. The number of anilines is 2. The van der Waals surface area contributed by atoms with Gasteiger partial charge in [0.15, 0.2) is 6.04 Å². The second kappa shape index (κ2) is 15.4. The maximum absolute atomic E-state index is 14.0. The Morgan fingerprint density at radius 2 is 1.59 bits per heavy atom. The van der Waals surface area contributed by atoms with Crippen molar-refractivity contribution in [2.24, 2.45) is 4.99 Å². The highest BCUT2D eigenvalue weighted by atomic mass is 16.5. The fourth-order valence-electron chi connectivity index (χ4n) is 7.46. The molecule has 51 heavy (non-hydrogen) atoms. The number of methoxy groups -OCH3 is 1. The van der Waals surface area contributed by atoms with Crippen molar-refractivity contribution < 1.29 is 19.4 Å². The van der Waals surface area contributed by atoms with Gasteiger partial charge in [-0.3, -0.25) is 14.7 Å². The van der Waals surface area contributed by atoms with Crippen LogP contribution in [-0.2, 0) is 22.6 Å². The van der Waals surface area contributed by atoms with Crippen LogP contribution in [0.15, 0.2) is 138 Å². The number of likely N-dealkylation sites (tertiary alicyclic amines) is 1. The van der Waals surface area contributed by atoms with Crippen LogP contribution in [0.5, 0.6) is 5.75 Å².